The molecule has 9 nitrogen and oxygen atoms in total. The minimum atomic E-state index is -4.70. The Hall–Kier alpha value is -3.06. The molecule has 33 heavy (non-hydrogen) atoms. The van der Waals surface area contributed by atoms with Crippen LogP contribution in [0, 0.1) is 10.1 Å². The third-order valence-electron chi connectivity index (χ3n) is 5.74. The molecule has 178 valence electrons. The predicted molar refractivity (Wildman–Crippen MR) is 114 cm³/mol. The van der Waals surface area contributed by atoms with Crippen LogP contribution in [-0.2, 0) is 16.2 Å². The minimum Gasteiger partial charge on any atom is -0.490 e. The number of nitrogens with zero attached hydrogens (tertiary/aromatic N) is 4. The molecular weight excluding hydrogens is 465 g/mol. The second kappa shape index (κ2) is 8.37. The standard InChI is InChI=1S/C20H21F3N4O5S/c1-24-10-11-32-19-13-15(3-5-17(19)24)33(30,31)26-8-6-25(7-9-26)16-4-2-14(20(21,22)23)12-18(16)27(28)29/h2-5,12-13H,6-11H2,1H3. The fourth-order valence-electron chi connectivity index (χ4n) is 3.93. The lowest BCUT2D eigenvalue weighted by molar-refractivity contribution is -0.384. The number of fused-ring (bicyclic) bond motifs is 1. The number of hydrogen-bond donors (Lipinski definition) is 0. The van der Waals surface area contributed by atoms with Crippen LogP contribution in [0.2, 0.25) is 0 Å². The molecule has 4 rings (SSSR count). The topological polar surface area (TPSA) is 96.2 Å². The van der Waals surface area contributed by atoms with Crippen LogP contribution in [0.4, 0.5) is 30.2 Å². The van der Waals surface area contributed by atoms with Crippen molar-refractivity contribution < 1.29 is 31.2 Å². The van der Waals surface area contributed by atoms with Crippen LogP contribution in [0.15, 0.2) is 41.3 Å². The summed E-state index contributed by atoms with van der Waals surface area (Å²) in [5.74, 6) is 0.476. The highest BCUT2D eigenvalue weighted by atomic mass is 32.2. The largest absolute Gasteiger partial charge is 0.490 e. The molecule has 0 bridgehead atoms. The van der Waals surface area contributed by atoms with Crippen LogP contribution < -0.4 is 14.5 Å². The molecule has 2 heterocycles. The molecule has 0 amide bonds. The lowest BCUT2D eigenvalue weighted by atomic mass is 10.1. The second-order valence-corrected chi connectivity index (χ2v) is 9.69. The van der Waals surface area contributed by atoms with Crippen LogP contribution in [-0.4, -0.2) is 64.0 Å². The van der Waals surface area contributed by atoms with E-state index in [4.69, 9.17) is 4.74 Å². The Kier molecular flexibility index (Phi) is 5.86. The van der Waals surface area contributed by atoms with Gasteiger partial charge in [0, 0.05) is 45.4 Å². The van der Waals surface area contributed by atoms with E-state index in [1.807, 2.05) is 11.9 Å². The van der Waals surface area contributed by atoms with E-state index in [0.717, 1.165) is 17.8 Å². The van der Waals surface area contributed by atoms with Crippen LogP contribution in [0.5, 0.6) is 5.75 Å². The van der Waals surface area contributed by atoms with Gasteiger partial charge in [0.25, 0.3) is 5.69 Å². The van der Waals surface area contributed by atoms with Crippen molar-refractivity contribution >= 4 is 27.1 Å². The first-order chi connectivity index (χ1) is 15.5. The van der Waals surface area contributed by atoms with E-state index in [-0.39, 0.29) is 36.8 Å². The number of alkyl halides is 3. The maximum absolute atomic E-state index is 13.1. The maximum atomic E-state index is 13.1. The van der Waals surface area contributed by atoms with Gasteiger partial charge in [0.2, 0.25) is 10.0 Å². The van der Waals surface area contributed by atoms with Crippen molar-refractivity contribution in [1.29, 1.82) is 0 Å². The van der Waals surface area contributed by atoms with Crippen molar-refractivity contribution in [2.24, 2.45) is 0 Å². The van der Waals surface area contributed by atoms with Gasteiger partial charge in [-0.15, -0.1) is 0 Å². The van der Waals surface area contributed by atoms with E-state index < -0.39 is 32.4 Å². The second-order valence-electron chi connectivity index (χ2n) is 7.75. The summed E-state index contributed by atoms with van der Waals surface area (Å²) in [6, 6.07) is 7.02. The van der Waals surface area contributed by atoms with Gasteiger partial charge in [0.1, 0.15) is 18.0 Å². The van der Waals surface area contributed by atoms with Gasteiger partial charge in [-0.05, 0) is 24.3 Å². The van der Waals surface area contributed by atoms with Crippen LogP contribution >= 0.6 is 0 Å². The highest BCUT2D eigenvalue weighted by Gasteiger charge is 2.35. The molecule has 0 aliphatic carbocycles. The maximum Gasteiger partial charge on any atom is 0.416 e. The number of nitro benzene ring substituents is 1. The number of halogens is 3. The highest BCUT2D eigenvalue weighted by molar-refractivity contribution is 7.89. The Balaban J connectivity index is 1.53. The van der Waals surface area contributed by atoms with E-state index in [2.05, 4.69) is 0 Å². The van der Waals surface area contributed by atoms with Crippen LogP contribution in [0.3, 0.4) is 0 Å². The Morgan fingerprint density at radius 3 is 2.30 bits per heavy atom. The van der Waals surface area contributed by atoms with Gasteiger partial charge in [-0.1, -0.05) is 0 Å². The van der Waals surface area contributed by atoms with E-state index in [1.54, 1.807) is 6.07 Å². The fraction of sp³-hybridized carbons (Fsp3) is 0.400. The molecule has 13 heteroatoms. The number of likely N-dealkylation sites (N-methyl/N-ethyl adjacent to an activating group) is 1. The summed E-state index contributed by atoms with van der Waals surface area (Å²) in [7, 11) is -1.96. The summed E-state index contributed by atoms with van der Waals surface area (Å²) in [5, 5.41) is 11.4. The molecule has 2 aromatic carbocycles. The van der Waals surface area contributed by atoms with Crippen molar-refractivity contribution in [3.8, 4) is 5.75 Å². The number of sulfonamides is 1. The van der Waals surface area contributed by atoms with E-state index in [1.165, 1.54) is 21.3 Å². The number of ether oxygens (including phenoxy) is 1. The lowest BCUT2D eigenvalue weighted by Gasteiger charge is -2.35. The first-order valence-electron chi connectivity index (χ1n) is 10.1. The summed E-state index contributed by atoms with van der Waals surface area (Å²) < 4.78 is 72.0. The Morgan fingerprint density at radius 1 is 1.00 bits per heavy atom. The monoisotopic (exact) mass is 486 g/mol. The van der Waals surface area contributed by atoms with Gasteiger partial charge in [-0.3, -0.25) is 10.1 Å². The summed E-state index contributed by atoms with van der Waals surface area (Å²) >= 11 is 0. The third-order valence-corrected chi connectivity index (χ3v) is 7.64. The Labute approximate surface area is 188 Å². The molecular formula is C20H21F3N4O5S. The fourth-order valence-corrected chi connectivity index (χ4v) is 5.37. The van der Waals surface area contributed by atoms with E-state index in [9.17, 15) is 31.7 Å². The molecule has 2 aliphatic heterocycles. The first kappa shape index (κ1) is 23.1. The molecule has 0 radical (unpaired) electrons. The molecule has 2 aromatic rings. The van der Waals surface area contributed by atoms with E-state index in [0.29, 0.717) is 25.0 Å². The van der Waals surface area contributed by atoms with Gasteiger partial charge in [0.15, 0.2) is 0 Å². The molecule has 0 N–H and O–H groups in total. The van der Waals surface area contributed by atoms with Crippen LogP contribution in [0.1, 0.15) is 5.56 Å². The Bertz CT molecular complexity index is 1180. The number of nitro groups is 1. The highest BCUT2D eigenvalue weighted by Crippen LogP contribution is 2.37. The van der Waals surface area contributed by atoms with Gasteiger partial charge in [-0.2, -0.15) is 17.5 Å². The summed E-state index contributed by atoms with van der Waals surface area (Å²) in [6.07, 6.45) is -4.70. The zero-order valence-corrected chi connectivity index (χ0v) is 18.4. The molecule has 0 spiro atoms. The smallest absolute Gasteiger partial charge is 0.416 e. The molecule has 2 aliphatic rings. The molecule has 0 unspecified atom stereocenters. The minimum absolute atomic E-state index is 0.0234. The van der Waals surface area contributed by atoms with Crippen molar-refractivity contribution in [1.82, 2.24) is 4.31 Å². The van der Waals surface area contributed by atoms with Gasteiger partial charge in [0.05, 0.1) is 27.6 Å². The predicted octanol–water partition coefficient (Wildman–Crippen LogP) is 2.95. The number of rotatable bonds is 4. The van der Waals surface area contributed by atoms with Crippen molar-refractivity contribution in [2.45, 2.75) is 11.1 Å². The molecule has 0 saturated carbocycles. The zero-order chi connectivity index (χ0) is 24.0. The summed E-state index contributed by atoms with van der Waals surface area (Å²) in [4.78, 5) is 14.1. The number of anilines is 2. The molecule has 1 fully saturated rings. The van der Waals surface area contributed by atoms with Crippen LogP contribution in [0.25, 0.3) is 0 Å². The molecule has 0 atom stereocenters. The SMILES string of the molecule is CN1CCOc2cc(S(=O)(=O)N3CCN(c4ccc(C(F)(F)F)cc4[N+](=O)[O-])CC3)ccc21. The number of piperazine rings is 1. The normalized spacial score (nSPS) is 17.5. The lowest BCUT2D eigenvalue weighted by Crippen LogP contribution is -2.48. The Morgan fingerprint density at radius 2 is 1.67 bits per heavy atom. The van der Waals surface area contributed by atoms with Crippen molar-refractivity contribution in [3.05, 3.63) is 52.1 Å². The van der Waals surface area contributed by atoms with Gasteiger partial charge in [-0.25, -0.2) is 8.42 Å². The van der Waals surface area contributed by atoms with Gasteiger partial charge < -0.3 is 14.5 Å². The summed E-state index contributed by atoms with van der Waals surface area (Å²) in [6.45, 7) is 1.37. The first-order valence-corrected chi connectivity index (χ1v) is 11.5. The quantitative estimate of drug-likeness (QED) is 0.484. The zero-order valence-electron chi connectivity index (χ0n) is 17.6. The average Bonchev–Trinajstić information content (AvgIpc) is 2.78. The summed E-state index contributed by atoms with van der Waals surface area (Å²) in [5.41, 5.74) is -0.966. The van der Waals surface area contributed by atoms with E-state index >= 15 is 0 Å². The number of hydrogen-bond acceptors (Lipinski definition) is 7. The van der Waals surface area contributed by atoms with Crippen molar-refractivity contribution in [3.63, 3.8) is 0 Å². The van der Waals surface area contributed by atoms with Gasteiger partial charge >= 0.3 is 6.18 Å². The average molecular weight is 486 g/mol. The molecule has 1 saturated heterocycles. The third kappa shape index (κ3) is 4.42. The molecule has 0 aromatic heterocycles. The van der Waals surface area contributed by atoms with Crippen molar-refractivity contribution in [2.75, 3.05) is 56.2 Å². The number of benzene rings is 2.